The number of imide groups is 1. The molecular weight excluding hydrogens is 399 g/mol. The van der Waals surface area contributed by atoms with Crippen molar-refractivity contribution in [3.8, 4) is 0 Å². The molecule has 0 bridgehead atoms. The van der Waals surface area contributed by atoms with E-state index in [2.05, 4.69) is 5.32 Å². The van der Waals surface area contributed by atoms with Crippen molar-refractivity contribution in [3.05, 3.63) is 61.9 Å². The minimum absolute atomic E-state index is 0.0319. The number of hydrogen-bond acceptors (Lipinski definition) is 5. The Morgan fingerprint density at radius 1 is 1.23 bits per heavy atom. The first-order valence-electron chi connectivity index (χ1n) is 7.49. The Bertz CT molecular complexity index is 913. The minimum atomic E-state index is -0.503. The molecule has 0 spiro atoms. The highest BCUT2D eigenvalue weighted by Crippen LogP contribution is 2.32. The van der Waals surface area contributed by atoms with Crippen LogP contribution in [0.1, 0.15) is 15.2 Å². The molecule has 3 amide bonds. The Morgan fingerprint density at radius 2 is 2.00 bits per heavy atom. The topological polar surface area (TPSA) is 66.5 Å². The molecule has 0 radical (unpaired) electrons. The number of hydrogen-bond donors (Lipinski definition) is 1. The van der Waals surface area contributed by atoms with Crippen LogP contribution in [0, 0.1) is 5.82 Å². The first kappa shape index (κ1) is 18.6. The summed E-state index contributed by atoms with van der Waals surface area (Å²) in [5, 5.41) is 2.18. The standard InChI is InChI=1S/C17H12ClFN2O3S2/c18-14-6-5-12(25-14)15(22)20-7-8-21-16(23)13(26-17(21)24)9-10-3-1-2-4-11(10)19/h1-6,9H,7-8H2,(H,20,22)/b13-9-. The van der Waals surface area contributed by atoms with Crippen LogP contribution in [0.25, 0.3) is 6.08 Å². The summed E-state index contributed by atoms with van der Waals surface area (Å²) in [4.78, 5) is 37.9. The number of carbonyl (C=O) groups is 3. The first-order chi connectivity index (χ1) is 12.5. The molecule has 2 aromatic rings. The van der Waals surface area contributed by atoms with Crippen molar-refractivity contribution in [1.29, 1.82) is 0 Å². The van der Waals surface area contributed by atoms with Crippen LogP contribution in [0.5, 0.6) is 0 Å². The molecule has 2 heterocycles. The van der Waals surface area contributed by atoms with Gasteiger partial charge in [0.2, 0.25) is 0 Å². The first-order valence-corrected chi connectivity index (χ1v) is 9.50. The van der Waals surface area contributed by atoms with Crippen LogP contribution < -0.4 is 5.32 Å². The number of benzene rings is 1. The van der Waals surface area contributed by atoms with E-state index < -0.39 is 17.0 Å². The largest absolute Gasteiger partial charge is 0.350 e. The predicted octanol–water partition coefficient (Wildman–Crippen LogP) is 4.01. The Balaban J connectivity index is 1.61. The lowest BCUT2D eigenvalue weighted by Gasteiger charge is -2.12. The van der Waals surface area contributed by atoms with Gasteiger partial charge in [0, 0.05) is 18.7 Å². The van der Waals surface area contributed by atoms with Crippen molar-refractivity contribution < 1.29 is 18.8 Å². The molecule has 26 heavy (non-hydrogen) atoms. The number of carbonyl (C=O) groups excluding carboxylic acids is 3. The second-order valence-electron chi connectivity index (χ2n) is 5.21. The van der Waals surface area contributed by atoms with Gasteiger partial charge in [-0.25, -0.2) is 4.39 Å². The molecule has 1 aromatic heterocycles. The Labute approximate surface area is 161 Å². The summed E-state index contributed by atoms with van der Waals surface area (Å²) >= 11 is 7.67. The minimum Gasteiger partial charge on any atom is -0.350 e. The van der Waals surface area contributed by atoms with Gasteiger partial charge in [0.25, 0.3) is 17.1 Å². The van der Waals surface area contributed by atoms with E-state index in [1.165, 1.54) is 18.2 Å². The SMILES string of the molecule is O=C(NCCN1C(=O)S/C(=C\c2ccccc2F)C1=O)c1ccc(Cl)s1. The fourth-order valence-electron chi connectivity index (χ4n) is 2.23. The number of rotatable bonds is 5. The zero-order valence-corrected chi connectivity index (χ0v) is 15.6. The van der Waals surface area contributed by atoms with Crippen molar-refractivity contribution in [2.45, 2.75) is 0 Å². The third-order valence-electron chi connectivity index (χ3n) is 3.48. The van der Waals surface area contributed by atoms with E-state index in [4.69, 9.17) is 11.6 Å². The van der Waals surface area contributed by atoms with Crippen molar-refractivity contribution in [2.24, 2.45) is 0 Å². The second kappa shape index (κ2) is 8.03. The van der Waals surface area contributed by atoms with Crippen LogP contribution in [-0.4, -0.2) is 35.0 Å². The monoisotopic (exact) mass is 410 g/mol. The maximum Gasteiger partial charge on any atom is 0.293 e. The van der Waals surface area contributed by atoms with Crippen LogP contribution in [-0.2, 0) is 4.79 Å². The number of nitrogens with one attached hydrogen (secondary N) is 1. The van der Waals surface area contributed by atoms with E-state index >= 15 is 0 Å². The van der Waals surface area contributed by atoms with Crippen molar-refractivity contribution >= 4 is 57.8 Å². The highest BCUT2D eigenvalue weighted by Gasteiger charge is 2.34. The molecule has 1 fully saturated rings. The van der Waals surface area contributed by atoms with Gasteiger partial charge < -0.3 is 5.32 Å². The van der Waals surface area contributed by atoms with Gasteiger partial charge in [0.1, 0.15) is 5.82 Å². The van der Waals surface area contributed by atoms with E-state index in [1.807, 2.05) is 0 Å². The maximum atomic E-state index is 13.7. The number of thiophene rings is 1. The van der Waals surface area contributed by atoms with E-state index in [0.717, 1.165) is 28.0 Å². The third-order valence-corrected chi connectivity index (χ3v) is 5.62. The van der Waals surface area contributed by atoms with Crippen molar-refractivity contribution in [3.63, 3.8) is 0 Å². The van der Waals surface area contributed by atoms with Crippen LogP contribution in [0.4, 0.5) is 9.18 Å². The molecule has 0 saturated carbocycles. The Kier molecular flexibility index (Phi) is 5.75. The smallest absolute Gasteiger partial charge is 0.293 e. The molecule has 1 aliphatic heterocycles. The fraction of sp³-hybridized carbons (Fsp3) is 0.118. The Hall–Kier alpha value is -2.16. The molecule has 134 valence electrons. The molecular formula is C17H12ClFN2O3S2. The molecule has 1 aliphatic rings. The average Bonchev–Trinajstić information content (AvgIpc) is 3.15. The molecule has 0 atom stereocenters. The van der Waals surface area contributed by atoms with Gasteiger partial charge in [-0.2, -0.15) is 0 Å². The highest BCUT2D eigenvalue weighted by atomic mass is 35.5. The lowest BCUT2D eigenvalue weighted by molar-refractivity contribution is -0.122. The predicted molar refractivity (Wildman–Crippen MR) is 101 cm³/mol. The highest BCUT2D eigenvalue weighted by molar-refractivity contribution is 8.18. The van der Waals surface area contributed by atoms with Crippen LogP contribution >= 0.6 is 34.7 Å². The fourth-order valence-corrected chi connectivity index (χ4v) is 4.05. The average molecular weight is 411 g/mol. The zero-order valence-electron chi connectivity index (χ0n) is 13.2. The van der Waals surface area contributed by atoms with Gasteiger partial charge >= 0.3 is 0 Å². The maximum absolute atomic E-state index is 13.7. The van der Waals surface area contributed by atoms with E-state index in [-0.39, 0.29) is 29.5 Å². The normalized spacial score (nSPS) is 15.8. The van der Waals surface area contributed by atoms with Gasteiger partial charge in [0.05, 0.1) is 14.1 Å². The number of thioether (sulfide) groups is 1. The summed E-state index contributed by atoms with van der Waals surface area (Å²) in [6.45, 7) is 0.142. The quantitative estimate of drug-likeness (QED) is 0.756. The molecule has 1 saturated heterocycles. The van der Waals surface area contributed by atoms with Gasteiger partial charge in [-0.15, -0.1) is 11.3 Å². The molecule has 0 unspecified atom stereocenters. The summed E-state index contributed by atoms with van der Waals surface area (Å²) in [5.74, 6) is -1.30. The van der Waals surface area contributed by atoms with Crippen molar-refractivity contribution in [1.82, 2.24) is 10.2 Å². The third kappa shape index (κ3) is 4.14. The van der Waals surface area contributed by atoms with Gasteiger partial charge in [-0.1, -0.05) is 29.8 Å². The second-order valence-corrected chi connectivity index (χ2v) is 7.92. The Morgan fingerprint density at radius 3 is 2.69 bits per heavy atom. The van der Waals surface area contributed by atoms with E-state index in [9.17, 15) is 18.8 Å². The summed E-state index contributed by atoms with van der Waals surface area (Å²) in [5.41, 5.74) is 0.237. The molecule has 1 aromatic carbocycles. The van der Waals surface area contributed by atoms with Crippen LogP contribution in [0.2, 0.25) is 4.34 Å². The molecule has 1 N–H and O–H groups in total. The zero-order chi connectivity index (χ0) is 18.7. The number of nitrogens with zero attached hydrogens (tertiary/aromatic N) is 1. The van der Waals surface area contributed by atoms with Gasteiger partial charge in [-0.05, 0) is 36.0 Å². The lowest BCUT2D eigenvalue weighted by Crippen LogP contribution is -2.37. The molecule has 3 rings (SSSR count). The number of amides is 3. The van der Waals surface area contributed by atoms with E-state index in [0.29, 0.717) is 9.21 Å². The summed E-state index contributed by atoms with van der Waals surface area (Å²) in [7, 11) is 0. The van der Waals surface area contributed by atoms with Crippen LogP contribution in [0.3, 0.4) is 0 Å². The number of halogens is 2. The summed E-state index contributed by atoms with van der Waals surface area (Å²) in [6.07, 6.45) is 1.35. The van der Waals surface area contributed by atoms with Gasteiger partial charge in [-0.3, -0.25) is 19.3 Å². The molecule has 5 nitrogen and oxygen atoms in total. The molecule has 9 heteroatoms. The van der Waals surface area contributed by atoms with Gasteiger partial charge in [0.15, 0.2) is 0 Å². The lowest BCUT2D eigenvalue weighted by atomic mass is 10.2. The summed E-state index contributed by atoms with van der Waals surface area (Å²) in [6, 6.07) is 9.20. The summed E-state index contributed by atoms with van der Waals surface area (Å²) < 4.78 is 14.2. The van der Waals surface area contributed by atoms with Crippen LogP contribution in [0.15, 0.2) is 41.3 Å². The van der Waals surface area contributed by atoms with E-state index in [1.54, 1.807) is 24.3 Å². The van der Waals surface area contributed by atoms with Crippen molar-refractivity contribution in [2.75, 3.05) is 13.1 Å². The molecule has 0 aliphatic carbocycles.